The predicted octanol–water partition coefficient (Wildman–Crippen LogP) is 7.81. The summed E-state index contributed by atoms with van der Waals surface area (Å²) in [6.07, 6.45) is 0.704. The Labute approximate surface area is 200 Å². The highest BCUT2D eigenvalue weighted by Crippen LogP contribution is 2.39. The van der Waals surface area contributed by atoms with E-state index in [1.165, 1.54) is 5.56 Å². The highest BCUT2D eigenvalue weighted by atomic mass is 79.9. The van der Waals surface area contributed by atoms with Gasteiger partial charge < -0.3 is 0 Å². The predicted molar refractivity (Wildman–Crippen MR) is 136 cm³/mol. The number of hydrogen-bond donors (Lipinski definition) is 0. The van der Waals surface area contributed by atoms with Crippen molar-refractivity contribution in [3.8, 4) is 22.4 Å². The third-order valence-corrected chi connectivity index (χ3v) is 7.12. The minimum Gasteiger partial charge on any atom is -0.289 e. The molecule has 156 valence electrons. The molecule has 0 aliphatic heterocycles. The number of fused-ring (bicyclic) bond motifs is 1. The first kappa shape index (κ1) is 20.8. The monoisotopic (exact) mass is 497 g/mol. The summed E-state index contributed by atoms with van der Waals surface area (Å²) >= 11 is 5.15. The van der Waals surface area contributed by atoms with Gasteiger partial charge >= 0.3 is 0 Å². The summed E-state index contributed by atoms with van der Waals surface area (Å²) in [4.78, 5) is 18.3. The second-order valence-electron chi connectivity index (χ2n) is 7.72. The smallest absolute Gasteiger partial charge is 0.193 e. The number of thiazole rings is 1. The van der Waals surface area contributed by atoms with Gasteiger partial charge in [0.15, 0.2) is 5.78 Å². The number of hydrogen-bond acceptors (Lipinski definition) is 3. The summed E-state index contributed by atoms with van der Waals surface area (Å²) in [6, 6.07) is 27.9. The lowest BCUT2D eigenvalue weighted by molar-refractivity contribution is 0.103. The van der Waals surface area contributed by atoms with E-state index in [0.29, 0.717) is 12.0 Å². The van der Waals surface area contributed by atoms with Crippen LogP contribution in [0.2, 0.25) is 0 Å². The third-order valence-electron chi connectivity index (χ3n) is 5.74. The van der Waals surface area contributed by atoms with Gasteiger partial charge in [-0.25, -0.2) is 4.98 Å². The minimum atomic E-state index is 0.0697. The molecule has 1 aromatic heterocycles. The summed E-state index contributed by atoms with van der Waals surface area (Å²) in [6.45, 7) is 2.06. The number of carbonyl (C=O) groups is 1. The third kappa shape index (κ3) is 3.92. The van der Waals surface area contributed by atoms with Crippen molar-refractivity contribution in [1.82, 2.24) is 4.98 Å². The molecular formula is C28H20BrNOS. The highest BCUT2D eigenvalue weighted by molar-refractivity contribution is 9.10. The minimum absolute atomic E-state index is 0.0697. The van der Waals surface area contributed by atoms with Crippen LogP contribution >= 0.6 is 27.3 Å². The highest BCUT2D eigenvalue weighted by Gasteiger charge is 2.25. The zero-order chi connectivity index (χ0) is 22.1. The first-order chi connectivity index (χ1) is 15.6. The molecule has 2 nitrogen and oxygen atoms in total. The Kier molecular flexibility index (Phi) is 5.73. The van der Waals surface area contributed by atoms with E-state index in [9.17, 15) is 4.79 Å². The number of ketones is 1. The largest absolute Gasteiger partial charge is 0.289 e. The van der Waals surface area contributed by atoms with E-state index >= 15 is 0 Å². The Bertz CT molecular complexity index is 1370. The molecule has 0 atom stereocenters. The van der Waals surface area contributed by atoms with Crippen molar-refractivity contribution in [1.29, 1.82) is 0 Å². The molecule has 0 unspecified atom stereocenters. The standard InChI is InChI=1S/C28H20BrNOS/c1-18-24(16-26-30-25(17-32-26)19-12-14-21(29)15-13-19)22-10-6-3-7-11-23(22)27(18)28(31)20-8-4-2-5-9-20/h2-15,17H,16H2,1H3. The van der Waals surface area contributed by atoms with Crippen LogP contribution in [0.3, 0.4) is 0 Å². The van der Waals surface area contributed by atoms with E-state index in [1.807, 2.05) is 60.7 Å². The fourth-order valence-electron chi connectivity index (χ4n) is 4.13. The lowest BCUT2D eigenvalue weighted by Gasteiger charge is -2.03. The summed E-state index contributed by atoms with van der Waals surface area (Å²) in [5.74, 6) is 0.0697. The van der Waals surface area contributed by atoms with Crippen LogP contribution in [0.1, 0.15) is 32.1 Å². The molecule has 5 rings (SSSR count). The molecule has 0 radical (unpaired) electrons. The SMILES string of the molecule is Cc1c(Cc2nc(-c3ccc(Br)cc3)cs2)c2cccccc-2c1C(=O)c1ccccc1. The van der Waals surface area contributed by atoms with Gasteiger partial charge in [0.25, 0.3) is 0 Å². The van der Waals surface area contributed by atoms with Crippen LogP contribution < -0.4 is 0 Å². The molecular weight excluding hydrogens is 478 g/mol. The quantitative estimate of drug-likeness (QED) is 0.231. The Balaban J connectivity index is 1.56. The van der Waals surface area contributed by atoms with Gasteiger partial charge in [-0.1, -0.05) is 88.7 Å². The molecule has 4 heteroatoms. The van der Waals surface area contributed by atoms with Gasteiger partial charge in [-0.2, -0.15) is 0 Å². The molecule has 0 fully saturated rings. The molecule has 0 saturated heterocycles. The molecule has 0 spiro atoms. The van der Waals surface area contributed by atoms with Crippen LogP contribution in [0, 0.1) is 6.92 Å². The number of rotatable bonds is 5. The van der Waals surface area contributed by atoms with Crippen molar-refractivity contribution in [2.45, 2.75) is 13.3 Å². The average molecular weight is 498 g/mol. The molecule has 0 amide bonds. The van der Waals surface area contributed by atoms with Gasteiger partial charge in [0, 0.05) is 33.0 Å². The van der Waals surface area contributed by atoms with Crippen LogP contribution in [0.25, 0.3) is 22.4 Å². The van der Waals surface area contributed by atoms with Crippen LogP contribution in [0.4, 0.5) is 0 Å². The maximum absolute atomic E-state index is 13.4. The molecule has 1 heterocycles. The van der Waals surface area contributed by atoms with Gasteiger partial charge in [-0.3, -0.25) is 4.79 Å². The van der Waals surface area contributed by atoms with Gasteiger partial charge in [0.2, 0.25) is 0 Å². The first-order valence-corrected chi connectivity index (χ1v) is 12.1. The normalized spacial score (nSPS) is 11.1. The molecule has 2 aliphatic carbocycles. The maximum atomic E-state index is 13.4. The number of carbonyl (C=O) groups excluding carboxylic acids is 1. The van der Waals surface area contributed by atoms with Gasteiger partial charge in [-0.15, -0.1) is 11.3 Å². The molecule has 3 aromatic rings. The summed E-state index contributed by atoms with van der Waals surface area (Å²) in [5, 5.41) is 3.15. The number of nitrogens with zero attached hydrogens (tertiary/aromatic N) is 1. The van der Waals surface area contributed by atoms with Crippen molar-refractivity contribution < 1.29 is 4.79 Å². The molecule has 0 N–H and O–H groups in total. The van der Waals surface area contributed by atoms with Gasteiger partial charge in [0.05, 0.1) is 10.7 Å². The van der Waals surface area contributed by atoms with E-state index in [0.717, 1.165) is 43.0 Å². The second-order valence-corrected chi connectivity index (χ2v) is 9.58. The second kappa shape index (κ2) is 8.81. The molecule has 0 bridgehead atoms. The average Bonchev–Trinajstić information content (AvgIpc) is 3.28. The van der Waals surface area contributed by atoms with E-state index in [1.54, 1.807) is 11.3 Å². The number of halogens is 1. The lowest BCUT2D eigenvalue weighted by atomic mass is 9.99. The van der Waals surface area contributed by atoms with E-state index < -0.39 is 0 Å². The molecule has 0 saturated carbocycles. The lowest BCUT2D eigenvalue weighted by Crippen LogP contribution is -2.02. The Morgan fingerprint density at radius 2 is 1.53 bits per heavy atom. The Morgan fingerprint density at radius 1 is 0.875 bits per heavy atom. The van der Waals surface area contributed by atoms with Crippen molar-refractivity contribution >= 4 is 33.0 Å². The van der Waals surface area contributed by atoms with Crippen molar-refractivity contribution in [2.24, 2.45) is 0 Å². The van der Waals surface area contributed by atoms with Gasteiger partial charge in [-0.05, 0) is 41.3 Å². The van der Waals surface area contributed by atoms with Crippen molar-refractivity contribution in [3.63, 3.8) is 0 Å². The summed E-state index contributed by atoms with van der Waals surface area (Å²) in [5.41, 5.74) is 7.93. The fraction of sp³-hybridized carbons (Fsp3) is 0.0714. The van der Waals surface area contributed by atoms with E-state index in [-0.39, 0.29) is 5.78 Å². The zero-order valence-electron chi connectivity index (χ0n) is 17.5. The van der Waals surface area contributed by atoms with Crippen LogP contribution in [0.5, 0.6) is 0 Å². The zero-order valence-corrected chi connectivity index (χ0v) is 19.9. The van der Waals surface area contributed by atoms with Crippen LogP contribution in [0.15, 0.2) is 94.8 Å². The van der Waals surface area contributed by atoms with E-state index in [2.05, 4.69) is 52.5 Å². The van der Waals surface area contributed by atoms with Crippen molar-refractivity contribution in [2.75, 3.05) is 0 Å². The number of aromatic nitrogens is 1. The topological polar surface area (TPSA) is 30.0 Å². The summed E-state index contributed by atoms with van der Waals surface area (Å²) in [7, 11) is 0. The maximum Gasteiger partial charge on any atom is 0.193 e. The fourth-order valence-corrected chi connectivity index (χ4v) is 5.21. The molecule has 32 heavy (non-hydrogen) atoms. The Morgan fingerprint density at radius 3 is 2.25 bits per heavy atom. The summed E-state index contributed by atoms with van der Waals surface area (Å²) < 4.78 is 1.05. The molecule has 2 aromatic carbocycles. The first-order valence-electron chi connectivity index (χ1n) is 10.4. The molecule has 2 aliphatic rings. The Hall–Kier alpha value is -3.08. The number of benzene rings is 2. The van der Waals surface area contributed by atoms with E-state index in [4.69, 9.17) is 4.98 Å². The van der Waals surface area contributed by atoms with Crippen LogP contribution in [-0.2, 0) is 6.42 Å². The van der Waals surface area contributed by atoms with Crippen molar-refractivity contribution in [3.05, 3.63) is 122 Å². The van der Waals surface area contributed by atoms with Gasteiger partial charge in [0.1, 0.15) is 0 Å². The van der Waals surface area contributed by atoms with Crippen LogP contribution in [-0.4, -0.2) is 10.8 Å².